The van der Waals surface area contributed by atoms with Crippen molar-refractivity contribution in [1.82, 2.24) is 19.9 Å². The van der Waals surface area contributed by atoms with Gasteiger partial charge in [-0.2, -0.15) is 0 Å². The lowest BCUT2D eigenvalue weighted by Gasteiger charge is -1.92. The van der Waals surface area contributed by atoms with E-state index in [4.69, 9.17) is 0 Å². The molecule has 0 atom stereocenters. The lowest BCUT2D eigenvalue weighted by molar-refractivity contribution is 1.00. The second-order valence-corrected chi connectivity index (χ2v) is 4.43. The van der Waals surface area contributed by atoms with Crippen LogP contribution in [0.2, 0.25) is 0 Å². The summed E-state index contributed by atoms with van der Waals surface area (Å²) in [7, 11) is 0. The van der Waals surface area contributed by atoms with Crippen molar-refractivity contribution in [2.75, 3.05) is 0 Å². The quantitative estimate of drug-likeness (QED) is 0.587. The molecule has 0 aliphatic rings. The lowest BCUT2D eigenvalue weighted by atomic mass is 10.2. The van der Waals surface area contributed by atoms with E-state index < -0.39 is 0 Å². The molecule has 2 aromatic heterocycles. The van der Waals surface area contributed by atoms with Crippen molar-refractivity contribution in [2.45, 2.75) is 0 Å². The van der Waals surface area contributed by atoms with Gasteiger partial charge in [0.25, 0.3) is 11.1 Å². The molecule has 0 saturated carbocycles. The summed E-state index contributed by atoms with van der Waals surface area (Å²) < 4.78 is 0. The average molecular weight is 280 g/mol. The van der Waals surface area contributed by atoms with Gasteiger partial charge in [-0.1, -0.05) is 30.3 Å². The first-order valence-corrected chi connectivity index (χ1v) is 6.32. The van der Waals surface area contributed by atoms with E-state index >= 15 is 0 Å². The number of hydrogen-bond acceptors (Lipinski definition) is 3. The highest BCUT2D eigenvalue weighted by atomic mass is 16.1. The molecule has 6 heteroatoms. The fourth-order valence-corrected chi connectivity index (χ4v) is 1.91. The Morgan fingerprint density at radius 3 is 2.19 bits per heavy atom. The van der Waals surface area contributed by atoms with Gasteiger partial charge < -0.3 is 15.0 Å². The molecule has 2 heterocycles. The number of aromatic amines is 3. The molecular formula is C15H12N4O2. The van der Waals surface area contributed by atoms with Gasteiger partial charge in [-0.05, 0) is 17.7 Å². The molecule has 0 aliphatic heterocycles. The average Bonchev–Trinajstić information content (AvgIpc) is 2.98. The van der Waals surface area contributed by atoms with E-state index in [1.807, 2.05) is 30.3 Å². The Morgan fingerprint density at radius 2 is 1.57 bits per heavy atom. The van der Waals surface area contributed by atoms with E-state index in [-0.39, 0.29) is 21.8 Å². The van der Waals surface area contributed by atoms with Crippen molar-refractivity contribution >= 4 is 12.2 Å². The van der Waals surface area contributed by atoms with Gasteiger partial charge in [0.15, 0.2) is 0 Å². The smallest absolute Gasteiger partial charge is 0.272 e. The van der Waals surface area contributed by atoms with Gasteiger partial charge in [-0.15, -0.1) is 0 Å². The van der Waals surface area contributed by atoms with Gasteiger partial charge in [0.2, 0.25) is 0 Å². The number of rotatable bonds is 2. The Balaban J connectivity index is 2.16. The maximum Gasteiger partial charge on any atom is 0.272 e. The van der Waals surface area contributed by atoms with Crippen molar-refractivity contribution in [3.8, 4) is 0 Å². The fraction of sp³-hybridized carbons (Fsp3) is 0. The molecule has 3 rings (SSSR count). The van der Waals surface area contributed by atoms with E-state index in [0.717, 1.165) is 5.56 Å². The monoisotopic (exact) mass is 280 g/mol. The molecule has 0 radical (unpaired) electrons. The number of imidazole rings is 1. The zero-order chi connectivity index (χ0) is 14.7. The minimum atomic E-state index is -0.375. The topological polar surface area (TPSA) is 94.4 Å². The highest BCUT2D eigenvalue weighted by Gasteiger charge is 1.97. The first-order valence-electron chi connectivity index (χ1n) is 6.32. The van der Waals surface area contributed by atoms with Crippen molar-refractivity contribution in [1.29, 1.82) is 0 Å². The molecule has 0 spiro atoms. The molecule has 3 N–H and O–H groups in total. The third-order valence-corrected chi connectivity index (χ3v) is 2.91. The molecule has 21 heavy (non-hydrogen) atoms. The van der Waals surface area contributed by atoms with Crippen molar-refractivity contribution in [3.63, 3.8) is 0 Å². The standard InChI is InChI=1S/C15H12N4O2/c20-14-12(6-10-4-2-1-3-5-10)18-15(21)13(19-14)7-11-8-16-9-17-11/h1-9H,(H,16,17)(H,18,21)(H,19,20). The molecule has 0 bridgehead atoms. The van der Waals surface area contributed by atoms with Gasteiger partial charge in [-0.25, -0.2) is 4.98 Å². The van der Waals surface area contributed by atoms with Crippen LogP contribution in [0.25, 0.3) is 12.2 Å². The van der Waals surface area contributed by atoms with Crippen LogP contribution >= 0.6 is 0 Å². The van der Waals surface area contributed by atoms with Crippen LogP contribution in [0.4, 0.5) is 0 Å². The van der Waals surface area contributed by atoms with E-state index in [1.165, 1.54) is 12.4 Å². The van der Waals surface area contributed by atoms with Crippen LogP contribution in [0.1, 0.15) is 11.3 Å². The lowest BCUT2D eigenvalue weighted by Crippen LogP contribution is -2.46. The van der Waals surface area contributed by atoms with Crippen LogP contribution in [0.15, 0.2) is 52.4 Å². The van der Waals surface area contributed by atoms with Gasteiger partial charge in [0.1, 0.15) is 10.7 Å². The first kappa shape index (κ1) is 12.9. The van der Waals surface area contributed by atoms with Crippen molar-refractivity contribution in [2.24, 2.45) is 0 Å². The largest absolute Gasteiger partial charge is 0.351 e. The zero-order valence-electron chi connectivity index (χ0n) is 11.0. The first-order chi connectivity index (χ1) is 10.2. The molecule has 6 nitrogen and oxygen atoms in total. The van der Waals surface area contributed by atoms with E-state index in [9.17, 15) is 9.59 Å². The third-order valence-electron chi connectivity index (χ3n) is 2.91. The highest BCUT2D eigenvalue weighted by molar-refractivity contribution is 5.47. The number of aromatic nitrogens is 4. The highest BCUT2D eigenvalue weighted by Crippen LogP contribution is 1.97. The Bertz CT molecular complexity index is 967. The van der Waals surface area contributed by atoms with E-state index in [0.29, 0.717) is 5.69 Å². The van der Waals surface area contributed by atoms with Gasteiger partial charge in [-0.3, -0.25) is 9.59 Å². The molecule has 0 saturated heterocycles. The van der Waals surface area contributed by atoms with Crippen LogP contribution in [0.5, 0.6) is 0 Å². The second-order valence-electron chi connectivity index (χ2n) is 4.43. The normalized spacial score (nSPS) is 12.8. The summed E-state index contributed by atoms with van der Waals surface area (Å²) >= 11 is 0. The number of H-pyrrole nitrogens is 3. The van der Waals surface area contributed by atoms with Gasteiger partial charge in [0, 0.05) is 6.20 Å². The van der Waals surface area contributed by atoms with E-state index in [2.05, 4.69) is 19.9 Å². The molecule has 3 aromatic rings. The summed E-state index contributed by atoms with van der Waals surface area (Å²) in [6.07, 6.45) is 6.25. The number of nitrogens with one attached hydrogen (secondary N) is 3. The van der Waals surface area contributed by atoms with Gasteiger partial charge in [0.05, 0.1) is 12.0 Å². The fourth-order valence-electron chi connectivity index (χ4n) is 1.91. The SMILES string of the molecule is O=c1[nH]c(=Cc2c[nH]cn2)c(=O)[nH]c1=Cc1ccccc1. The van der Waals surface area contributed by atoms with Gasteiger partial charge >= 0.3 is 0 Å². The van der Waals surface area contributed by atoms with Crippen LogP contribution in [-0.4, -0.2) is 19.9 Å². The van der Waals surface area contributed by atoms with Crippen LogP contribution in [-0.2, 0) is 0 Å². The molecule has 1 aromatic carbocycles. The molecule has 104 valence electrons. The summed E-state index contributed by atoms with van der Waals surface area (Å²) in [4.78, 5) is 35.9. The van der Waals surface area contributed by atoms with Crippen LogP contribution in [0, 0.1) is 0 Å². The zero-order valence-corrected chi connectivity index (χ0v) is 11.0. The summed E-state index contributed by atoms with van der Waals surface area (Å²) in [6.45, 7) is 0. The number of hydrogen-bond donors (Lipinski definition) is 3. The summed E-state index contributed by atoms with van der Waals surface area (Å²) in [5.74, 6) is 0. The predicted molar refractivity (Wildman–Crippen MR) is 79.1 cm³/mol. The van der Waals surface area contributed by atoms with Crippen LogP contribution in [0.3, 0.4) is 0 Å². The maximum atomic E-state index is 12.0. The Morgan fingerprint density at radius 1 is 0.905 bits per heavy atom. The maximum absolute atomic E-state index is 12.0. The molecule has 0 fully saturated rings. The minimum absolute atomic E-state index is 0.164. The number of nitrogens with zero attached hydrogens (tertiary/aromatic N) is 1. The Kier molecular flexibility index (Phi) is 3.34. The second kappa shape index (κ2) is 5.46. The molecule has 0 amide bonds. The van der Waals surface area contributed by atoms with Crippen LogP contribution < -0.4 is 21.8 Å². The molecule has 0 unspecified atom stereocenters. The van der Waals surface area contributed by atoms with Crippen molar-refractivity contribution in [3.05, 3.63) is 85.5 Å². The van der Waals surface area contributed by atoms with Crippen molar-refractivity contribution < 1.29 is 0 Å². The molecular weight excluding hydrogens is 268 g/mol. The third kappa shape index (κ3) is 2.89. The number of benzene rings is 1. The minimum Gasteiger partial charge on any atom is -0.351 e. The summed E-state index contributed by atoms with van der Waals surface area (Å²) in [5.41, 5.74) is 0.665. The summed E-state index contributed by atoms with van der Waals surface area (Å²) in [5, 5.41) is 0.377. The summed E-state index contributed by atoms with van der Waals surface area (Å²) in [6, 6.07) is 9.30. The Labute approximate surface area is 118 Å². The molecule has 0 aliphatic carbocycles. The Hall–Kier alpha value is -3.15. The van der Waals surface area contributed by atoms with E-state index in [1.54, 1.807) is 12.3 Å². The predicted octanol–water partition coefficient (Wildman–Crippen LogP) is -0.556.